The van der Waals surface area contributed by atoms with Gasteiger partial charge in [-0.2, -0.15) is 0 Å². The number of ether oxygens (including phenoxy) is 1. The lowest BCUT2D eigenvalue weighted by molar-refractivity contribution is -0.138. The van der Waals surface area contributed by atoms with Gasteiger partial charge in [-0.3, -0.25) is 9.79 Å². The van der Waals surface area contributed by atoms with Crippen molar-refractivity contribution in [3.05, 3.63) is 0 Å². The molecule has 1 saturated heterocycles. The average molecular weight is 452 g/mol. The van der Waals surface area contributed by atoms with E-state index in [1.54, 1.807) is 11.9 Å². The van der Waals surface area contributed by atoms with E-state index in [1.165, 1.54) is 0 Å². The van der Waals surface area contributed by atoms with Gasteiger partial charge in [0.25, 0.3) is 0 Å². The minimum absolute atomic E-state index is 0. The summed E-state index contributed by atoms with van der Waals surface area (Å²) >= 11 is 0. The number of guanidine groups is 1. The van der Waals surface area contributed by atoms with Crippen LogP contribution in [-0.2, 0) is 9.53 Å². The number of aliphatic imine (C=N–C) groups is 1. The molecule has 0 aromatic carbocycles. The molecule has 6 nitrogen and oxygen atoms in total. The second-order valence-electron chi connectivity index (χ2n) is 7.37. The van der Waals surface area contributed by atoms with Crippen LogP contribution in [0.5, 0.6) is 0 Å². The number of halogens is 1. The predicted octanol–water partition coefficient (Wildman–Crippen LogP) is 1.99. The summed E-state index contributed by atoms with van der Waals surface area (Å²) < 4.78 is 5.80. The van der Waals surface area contributed by atoms with Gasteiger partial charge in [0.2, 0.25) is 5.91 Å². The van der Waals surface area contributed by atoms with Gasteiger partial charge in [-0.1, -0.05) is 12.8 Å². The molecule has 2 rings (SSSR count). The number of carbonyl (C=O) groups excluding carboxylic acids is 1. The molecule has 2 N–H and O–H groups in total. The van der Waals surface area contributed by atoms with Gasteiger partial charge in [0.15, 0.2) is 5.96 Å². The number of nitrogens with one attached hydrogen (secondary N) is 2. The maximum absolute atomic E-state index is 12.6. The van der Waals surface area contributed by atoms with E-state index in [9.17, 15) is 4.79 Å². The van der Waals surface area contributed by atoms with Gasteiger partial charge in [0.1, 0.15) is 0 Å². The van der Waals surface area contributed by atoms with Gasteiger partial charge in [0.05, 0.1) is 11.0 Å². The quantitative estimate of drug-likeness (QED) is 0.381. The smallest absolute Gasteiger partial charge is 0.230 e. The monoisotopic (exact) mass is 452 g/mol. The molecule has 2 fully saturated rings. The van der Waals surface area contributed by atoms with Gasteiger partial charge in [0, 0.05) is 40.8 Å². The summed E-state index contributed by atoms with van der Waals surface area (Å²) in [6, 6.07) is 0. The molecule has 1 aliphatic carbocycles. The van der Waals surface area contributed by atoms with E-state index in [2.05, 4.69) is 22.5 Å². The number of hydrogen-bond donors (Lipinski definition) is 2. The third kappa shape index (κ3) is 5.21. The van der Waals surface area contributed by atoms with E-state index < -0.39 is 0 Å². The molecule has 0 aromatic heterocycles. The van der Waals surface area contributed by atoms with Gasteiger partial charge >= 0.3 is 0 Å². The molecule has 0 aromatic rings. The Balaban J connectivity index is 0.00000288. The summed E-state index contributed by atoms with van der Waals surface area (Å²) in [5.41, 5.74) is -0.392. The Morgan fingerprint density at radius 2 is 1.75 bits per heavy atom. The summed E-state index contributed by atoms with van der Waals surface area (Å²) in [6.45, 7) is 4.35. The van der Waals surface area contributed by atoms with Crippen LogP contribution in [0.4, 0.5) is 0 Å². The standard InChI is InChI=1S/C17H32N4O2.HI/c1-16(8-7-11-23-16)12-19-15(18-2)20-13-17(9-5-6-10-17)14(22)21(3)4;/h5-13H2,1-4H3,(H2,18,19,20);1H. The predicted molar refractivity (Wildman–Crippen MR) is 108 cm³/mol. The normalized spacial score (nSPS) is 25.9. The average Bonchev–Trinajstić information content (AvgIpc) is 3.17. The lowest BCUT2D eigenvalue weighted by Crippen LogP contribution is -2.51. The van der Waals surface area contributed by atoms with Crippen molar-refractivity contribution in [2.75, 3.05) is 40.8 Å². The van der Waals surface area contributed by atoms with Gasteiger partial charge in [-0.05, 0) is 32.6 Å². The third-order valence-corrected chi connectivity index (χ3v) is 5.17. The van der Waals surface area contributed by atoms with E-state index in [0.29, 0.717) is 6.54 Å². The second kappa shape index (κ2) is 9.22. The number of amides is 1. The fourth-order valence-corrected chi connectivity index (χ4v) is 3.71. The molecule has 0 bridgehead atoms. The SMILES string of the molecule is CN=C(NCC1(C)CCCO1)NCC1(C(=O)N(C)C)CCCC1.I. The van der Waals surface area contributed by atoms with Crippen LogP contribution in [0.25, 0.3) is 0 Å². The molecule has 1 saturated carbocycles. The van der Waals surface area contributed by atoms with Crippen molar-refractivity contribution < 1.29 is 9.53 Å². The number of carbonyl (C=O) groups is 1. The Morgan fingerprint density at radius 3 is 2.25 bits per heavy atom. The zero-order valence-corrected chi connectivity index (χ0v) is 17.8. The van der Waals surface area contributed by atoms with Crippen LogP contribution in [0.3, 0.4) is 0 Å². The zero-order valence-electron chi connectivity index (χ0n) is 15.5. The highest BCUT2D eigenvalue weighted by Crippen LogP contribution is 2.38. The van der Waals surface area contributed by atoms with Crippen LogP contribution in [0.2, 0.25) is 0 Å². The van der Waals surface area contributed by atoms with Crippen LogP contribution < -0.4 is 10.6 Å². The minimum Gasteiger partial charge on any atom is -0.373 e. The molecule has 1 atom stereocenters. The first-order valence-corrected chi connectivity index (χ1v) is 8.71. The Labute approximate surface area is 163 Å². The summed E-state index contributed by atoms with van der Waals surface area (Å²) in [6.07, 6.45) is 6.34. The number of rotatable bonds is 5. The number of nitrogens with zero attached hydrogens (tertiary/aromatic N) is 2. The van der Waals surface area contributed by atoms with Crippen molar-refractivity contribution in [2.45, 2.75) is 51.0 Å². The van der Waals surface area contributed by atoms with E-state index >= 15 is 0 Å². The Hall–Kier alpha value is -0.570. The molecule has 0 spiro atoms. The molecule has 7 heteroatoms. The Kier molecular flexibility index (Phi) is 8.25. The Bertz CT molecular complexity index is 442. The lowest BCUT2D eigenvalue weighted by Gasteiger charge is -2.32. The molecular weight excluding hydrogens is 419 g/mol. The van der Waals surface area contributed by atoms with Crippen LogP contribution in [0.1, 0.15) is 45.4 Å². The largest absolute Gasteiger partial charge is 0.373 e. The summed E-state index contributed by atoms with van der Waals surface area (Å²) in [5.74, 6) is 0.976. The summed E-state index contributed by atoms with van der Waals surface area (Å²) in [7, 11) is 5.45. The summed E-state index contributed by atoms with van der Waals surface area (Å²) in [5, 5.41) is 6.72. The second-order valence-corrected chi connectivity index (χ2v) is 7.37. The minimum atomic E-state index is -0.283. The highest BCUT2D eigenvalue weighted by molar-refractivity contribution is 14.0. The molecule has 140 valence electrons. The van der Waals surface area contributed by atoms with Crippen LogP contribution in [0.15, 0.2) is 4.99 Å². The first-order valence-electron chi connectivity index (χ1n) is 8.71. The molecule has 2 aliphatic rings. The van der Waals surface area contributed by atoms with Crippen molar-refractivity contribution in [3.8, 4) is 0 Å². The van der Waals surface area contributed by atoms with Gasteiger partial charge in [-0.25, -0.2) is 0 Å². The van der Waals surface area contributed by atoms with E-state index in [1.807, 2.05) is 14.1 Å². The van der Waals surface area contributed by atoms with Crippen LogP contribution in [-0.4, -0.2) is 63.2 Å². The van der Waals surface area contributed by atoms with Crippen molar-refractivity contribution in [1.29, 1.82) is 0 Å². The van der Waals surface area contributed by atoms with Crippen molar-refractivity contribution in [1.82, 2.24) is 15.5 Å². The van der Waals surface area contributed by atoms with Crippen LogP contribution in [0, 0.1) is 5.41 Å². The number of hydrogen-bond acceptors (Lipinski definition) is 3. The topological polar surface area (TPSA) is 66.0 Å². The first kappa shape index (κ1) is 21.5. The zero-order chi connectivity index (χ0) is 16.9. The lowest BCUT2D eigenvalue weighted by atomic mass is 9.84. The molecule has 1 aliphatic heterocycles. The van der Waals surface area contributed by atoms with E-state index in [-0.39, 0.29) is 40.9 Å². The van der Waals surface area contributed by atoms with E-state index in [0.717, 1.165) is 57.6 Å². The fraction of sp³-hybridized carbons (Fsp3) is 0.882. The van der Waals surface area contributed by atoms with E-state index in [4.69, 9.17) is 4.74 Å². The van der Waals surface area contributed by atoms with Crippen molar-refractivity contribution in [2.24, 2.45) is 10.4 Å². The molecule has 0 radical (unpaired) electrons. The highest BCUT2D eigenvalue weighted by atomic mass is 127. The maximum atomic E-state index is 12.6. The van der Waals surface area contributed by atoms with Crippen LogP contribution >= 0.6 is 24.0 Å². The molecular formula is C17H33IN4O2. The van der Waals surface area contributed by atoms with Crippen molar-refractivity contribution in [3.63, 3.8) is 0 Å². The molecule has 24 heavy (non-hydrogen) atoms. The van der Waals surface area contributed by atoms with Crippen molar-refractivity contribution >= 4 is 35.8 Å². The van der Waals surface area contributed by atoms with Gasteiger partial charge < -0.3 is 20.3 Å². The maximum Gasteiger partial charge on any atom is 0.230 e. The molecule has 1 heterocycles. The molecule has 1 amide bonds. The first-order chi connectivity index (χ1) is 10.9. The fourth-order valence-electron chi connectivity index (χ4n) is 3.71. The third-order valence-electron chi connectivity index (χ3n) is 5.17. The highest BCUT2D eigenvalue weighted by Gasteiger charge is 2.42. The molecule has 1 unspecified atom stereocenters. The Morgan fingerprint density at radius 1 is 1.12 bits per heavy atom. The summed E-state index contributed by atoms with van der Waals surface area (Å²) in [4.78, 5) is 18.6. The van der Waals surface area contributed by atoms with Gasteiger partial charge in [-0.15, -0.1) is 24.0 Å².